The van der Waals surface area contributed by atoms with Crippen LogP contribution >= 0.6 is 0 Å². The average Bonchev–Trinajstić information content (AvgIpc) is 2.94. The van der Waals surface area contributed by atoms with Gasteiger partial charge < -0.3 is 9.47 Å². The Bertz CT molecular complexity index is 840. The van der Waals surface area contributed by atoms with Gasteiger partial charge in [-0.3, -0.25) is 14.5 Å². The predicted octanol–water partition coefficient (Wildman–Crippen LogP) is 3.38. The van der Waals surface area contributed by atoms with Gasteiger partial charge in [0.25, 0.3) is 11.8 Å². The number of esters is 1. The summed E-state index contributed by atoms with van der Waals surface area (Å²) in [6.45, 7) is 4.13. The number of benzene rings is 2. The zero-order chi connectivity index (χ0) is 20.1. The first-order valence-electron chi connectivity index (χ1n) is 9.32. The Kier molecular flexibility index (Phi) is 6.09. The smallest absolute Gasteiger partial charge is 0.347 e. The van der Waals surface area contributed by atoms with Crippen LogP contribution in [0, 0.1) is 6.92 Å². The molecule has 146 valence electrons. The highest BCUT2D eigenvalue weighted by atomic mass is 16.6. The lowest BCUT2D eigenvalue weighted by Crippen LogP contribution is -2.31. The van der Waals surface area contributed by atoms with Gasteiger partial charge in [-0.05, 0) is 51.0 Å². The Morgan fingerprint density at radius 3 is 2.18 bits per heavy atom. The van der Waals surface area contributed by atoms with E-state index in [1.165, 1.54) is 4.90 Å². The zero-order valence-corrected chi connectivity index (χ0v) is 16.0. The molecule has 1 unspecified atom stereocenters. The number of hydrogen-bond donors (Lipinski definition) is 0. The van der Waals surface area contributed by atoms with Gasteiger partial charge in [0, 0.05) is 6.54 Å². The van der Waals surface area contributed by atoms with Crippen molar-refractivity contribution in [3.63, 3.8) is 0 Å². The lowest BCUT2D eigenvalue weighted by Gasteiger charge is -2.15. The van der Waals surface area contributed by atoms with Crippen molar-refractivity contribution in [1.29, 1.82) is 0 Å². The zero-order valence-electron chi connectivity index (χ0n) is 16.0. The van der Waals surface area contributed by atoms with E-state index in [0.29, 0.717) is 36.3 Å². The van der Waals surface area contributed by atoms with Crippen molar-refractivity contribution in [2.75, 3.05) is 13.2 Å². The van der Waals surface area contributed by atoms with Crippen LogP contribution in [0.4, 0.5) is 0 Å². The number of hydrogen-bond acceptors (Lipinski definition) is 5. The van der Waals surface area contributed by atoms with E-state index in [4.69, 9.17) is 9.47 Å². The number of ether oxygens (including phenoxy) is 2. The minimum atomic E-state index is -0.709. The molecule has 6 heteroatoms. The number of rotatable bonds is 8. The first-order chi connectivity index (χ1) is 13.5. The van der Waals surface area contributed by atoms with E-state index in [1.54, 1.807) is 43.3 Å². The second kappa shape index (κ2) is 8.69. The van der Waals surface area contributed by atoms with Crippen LogP contribution in [0.2, 0.25) is 0 Å². The lowest BCUT2D eigenvalue weighted by atomic mass is 10.1. The minimum Gasteiger partial charge on any atom is -0.479 e. The van der Waals surface area contributed by atoms with Crippen molar-refractivity contribution in [3.05, 3.63) is 65.2 Å². The lowest BCUT2D eigenvalue weighted by molar-refractivity contribution is -0.151. The molecular formula is C22H23NO5. The second-order valence-corrected chi connectivity index (χ2v) is 6.76. The molecule has 6 nitrogen and oxygen atoms in total. The first kappa shape index (κ1) is 19.6. The molecule has 0 radical (unpaired) electrons. The van der Waals surface area contributed by atoms with Crippen LogP contribution in [0.15, 0.2) is 48.5 Å². The topological polar surface area (TPSA) is 72.9 Å². The van der Waals surface area contributed by atoms with Gasteiger partial charge in [-0.2, -0.15) is 0 Å². The van der Waals surface area contributed by atoms with Crippen molar-refractivity contribution in [3.8, 4) is 5.75 Å². The molecule has 2 amide bonds. The molecule has 28 heavy (non-hydrogen) atoms. The molecule has 0 spiro atoms. The van der Waals surface area contributed by atoms with E-state index in [9.17, 15) is 14.4 Å². The Hall–Kier alpha value is -3.15. The number of amides is 2. The molecule has 1 aliphatic rings. The summed E-state index contributed by atoms with van der Waals surface area (Å²) in [5.41, 5.74) is 2.00. The maximum Gasteiger partial charge on any atom is 0.347 e. The third-order valence-electron chi connectivity index (χ3n) is 4.56. The van der Waals surface area contributed by atoms with E-state index in [1.807, 2.05) is 19.1 Å². The highest BCUT2D eigenvalue weighted by Gasteiger charge is 2.34. The summed E-state index contributed by atoms with van der Waals surface area (Å²) in [5.74, 6) is -0.364. The van der Waals surface area contributed by atoms with Crippen LogP contribution in [0.1, 0.15) is 46.0 Å². The molecule has 2 aromatic rings. The minimum absolute atomic E-state index is 0.212. The number of imide groups is 1. The summed E-state index contributed by atoms with van der Waals surface area (Å²) in [6, 6.07) is 14.2. The van der Waals surface area contributed by atoms with Crippen LogP contribution < -0.4 is 4.74 Å². The fourth-order valence-electron chi connectivity index (χ4n) is 2.97. The molecular weight excluding hydrogens is 358 g/mol. The summed E-state index contributed by atoms with van der Waals surface area (Å²) < 4.78 is 10.8. The Balaban J connectivity index is 1.38. The second-order valence-electron chi connectivity index (χ2n) is 6.76. The number of nitrogens with zero attached hydrogens (tertiary/aromatic N) is 1. The fraction of sp³-hybridized carbons (Fsp3) is 0.318. The standard InChI is InChI=1S/C22H23NO5/c1-15-9-11-17(12-10-15)28-16(2)22(26)27-14-6-5-13-23-20(24)18-7-3-4-8-19(18)21(23)25/h3-4,7-12,16H,5-6,13-14H2,1-2H3. The monoisotopic (exact) mass is 381 g/mol. The van der Waals surface area contributed by atoms with Crippen LogP contribution in [-0.2, 0) is 9.53 Å². The van der Waals surface area contributed by atoms with E-state index in [2.05, 4.69) is 0 Å². The van der Waals surface area contributed by atoms with Crippen molar-refractivity contribution in [1.82, 2.24) is 4.90 Å². The number of carbonyl (C=O) groups is 3. The van der Waals surface area contributed by atoms with Gasteiger partial charge in [0.05, 0.1) is 17.7 Å². The van der Waals surface area contributed by atoms with Crippen LogP contribution in [0.3, 0.4) is 0 Å². The Morgan fingerprint density at radius 2 is 1.57 bits per heavy atom. The number of unbranched alkanes of at least 4 members (excludes halogenated alkanes) is 1. The van der Waals surface area contributed by atoms with Crippen molar-refractivity contribution in [2.24, 2.45) is 0 Å². The van der Waals surface area contributed by atoms with Crippen LogP contribution in [0.5, 0.6) is 5.75 Å². The molecule has 0 N–H and O–H groups in total. The van der Waals surface area contributed by atoms with Gasteiger partial charge in [-0.15, -0.1) is 0 Å². The summed E-state index contributed by atoms with van der Waals surface area (Å²) in [7, 11) is 0. The maximum absolute atomic E-state index is 12.3. The van der Waals surface area contributed by atoms with E-state index in [0.717, 1.165) is 5.56 Å². The van der Waals surface area contributed by atoms with Crippen molar-refractivity contribution >= 4 is 17.8 Å². The fourth-order valence-corrected chi connectivity index (χ4v) is 2.97. The molecule has 1 atom stereocenters. The number of aryl methyl sites for hydroxylation is 1. The maximum atomic E-state index is 12.3. The summed E-state index contributed by atoms with van der Waals surface area (Å²) >= 11 is 0. The summed E-state index contributed by atoms with van der Waals surface area (Å²) in [4.78, 5) is 37.8. The van der Waals surface area contributed by atoms with Gasteiger partial charge in [0.15, 0.2) is 6.10 Å². The summed E-state index contributed by atoms with van der Waals surface area (Å²) in [6.07, 6.45) is 0.404. The molecule has 1 aliphatic heterocycles. The molecule has 0 fully saturated rings. The van der Waals surface area contributed by atoms with Crippen LogP contribution in [-0.4, -0.2) is 41.9 Å². The molecule has 0 saturated carbocycles. The Labute approximate surface area is 164 Å². The Morgan fingerprint density at radius 1 is 0.964 bits per heavy atom. The third-order valence-corrected chi connectivity index (χ3v) is 4.56. The van der Waals surface area contributed by atoms with Gasteiger partial charge >= 0.3 is 5.97 Å². The highest BCUT2D eigenvalue weighted by molar-refractivity contribution is 6.21. The van der Waals surface area contributed by atoms with Gasteiger partial charge in [-0.25, -0.2) is 4.79 Å². The molecule has 0 saturated heterocycles. The SMILES string of the molecule is Cc1ccc(OC(C)C(=O)OCCCCN2C(=O)c3ccccc3C2=O)cc1. The molecule has 3 rings (SSSR count). The largest absolute Gasteiger partial charge is 0.479 e. The third kappa shape index (κ3) is 4.39. The quantitative estimate of drug-likeness (QED) is 0.398. The normalized spacial score (nSPS) is 14.0. The van der Waals surface area contributed by atoms with Gasteiger partial charge in [0.2, 0.25) is 0 Å². The van der Waals surface area contributed by atoms with Crippen molar-refractivity contribution < 1.29 is 23.9 Å². The van der Waals surface area contributed by atoms with E-state index in [-0.39, 0.29) is 18.4 Å². The average molecular weight is 381 g/mol. The first-order valence-corrected chi connectivity index (χ1v) is 9.32. The number of fused-ring (bicyclic) bond motifs is 1. The van der Waals surface area contributed by atoms with Gasteiger partial charge in [0.1, 0.15) is 5.75 Å². The van der Waals surface area contributed by atoms with Crippen molar-refractivity contribution in [2.45, 2.75) is 32.8 Å². The molecule has 0 aliphatic carbocycles. The molecule has 1 heterocycles. The highest BCUT2D eigenvalue weighted by Crippen LogP contribution is 2.22. The summed E-state index contributed by atoms with van der Waals surface area (Å²) in [5, 5.41) is 0. The van der Waals surface area contributed by atoms with E-state index < -0.39 is 12.1 Å². The molecule has 2 aromatic carbocycles. The predicted molar refractivity (Wildman–Crippen MR) is 103 cm³/mol. The van der Waals surface area contributed by atoms with E-state index >= 15 is 0 Å². The van der Waals surface area contributed by atoms with Gasteiger partial charge in [-0.1, -0.05) is 29.8 Å². The molecule has 0 bridgehead atoms. The van der Waals surface area contributed by atoms with Crippen LogP contribution in [0.25, 0.3) is 0 Å². The molecule has 0 aromatic heterocycles. The number of carbonyl (C=O) groups excluding carboxylic acids is 3.